The molecule has 0 radical (unpaired) electrons. The van der Waals surface area contributed by atoms with E-state index < -0.39 is 0 Å². The van der Waals surface area contributed by atoms with E-state index in [-0.39, 0.29) is 17.8 Å². The van der Waals surface area contributed by atoms with Crippen molar-refractivity contribution < 1.29 is 13.9 Å². The minimum Gasteiger partial charge on any atom is -0.481 e. The Morgan fingerprint density at radius 3 is 2.50 bits per heavy atom. The van der Waals surface area contributed by atoms with Gasteiger partial charge in [-0.3, -0.25) is 4.79 Å². The molecule has 0 bridgehead atoms. The molecule has 4 nitrogen and oxygen atoms in total. The summed E-state index contributed by atoms with van der Waals surface area (Å²) in [6.07, 6.45) is 1.45. The smallest absolute Gasteiger partial charge is 0.253 e. The van der Waals surface area contributed by atoms with Crippen LogP contribution in [0.4, 0.5) is 4.39 Å². The van der Waals surface area contributed by atoms with Crippen LogP contribution in [0.2, 0.25) is 0 Å². The fraction of sp³-hybridized carbons (Fsp3) is 0.200. The lowest BCUT2D eigenvalue weighted by molar-refractivity contribution is 0.0939. The number of amides is 1. The normalized spacial score (nSPS) is 11.8. The first-order chi connectivity index (χ1) is 9.60. The molecule has 0 fully saturated rings. The molecule has 1 amide bonds. The predicted molar refractivity (Wildman–Crippen MR) is 73.1 cm³/mol. The molecule has 1 aromatic heterocycles. The third-order valence-electron chi connectivity index (χ3n) is 2.93. The summed E-state index contributed by atoms with van der Waals surface area (Å²) in [6.45, 7) is 1.84. The average Bonchev–Trinajstić information content (AvgIpc) is 2.48. The Labute approximate surface area is 116 Å². The number of halogens is 1. The SMILES string of the molecule is COc1ccc(C(=O)NC(C)c2ccc(F)cc2)cn1. The molecular weight excluding hydrogens is 259 g/mol. The number of carbonyl (C=O) groups is 1. The lowest BCUT2D eigenvalue weighted by atomic mass is 10.1. The van der Waals surface area contributed by atoms with Crippen LogP contribution in [-0.2, 0) is 0 Å². The van der Waals surface area contributed by atoms with E-state index in [0.717, 1.165) is 5.56 Å². The van der Waals surface area contributed by atoms with Crippen molar-refractivity contribution in [3.8, 4) is 5.88 Å². The monoisotopic (exact) mass is 274 g/mol. The Morgan fingerprint density at radius 1 is 1.25 bits per heavy atom. The van der Waals surface area contributed by atoms with Gasteiger partial charge in [0.05, 0.1) is 18.7 Å². The van der Waals surface area contributed by atoms with E-state index >= 15 is 0 Å². The first-order valence-electron chi connectivity index (χ1n) is 6.16. The molecule has 1 N–H and O–H groups in total. The summed E-state index contributed by atoms with van der Waals surface area (Å²) < 4.78 is 17.8. The van der Waals surface area contributed by atoms with Gasteiger partial charge in [0.2, 0.25) is 5.88 Å². The topological polar surface area (TPSA) is 51.2 Å². The number of ether oxygens (including phenoxy) is 1. The summed E-state index contributed by atoms with van der Waals surface area (Å²) >= 11 is 0. The molecule has 0 aliphatic heterocycles. The van der Waals surface area contributed by atoms with E-state index in [1.807, 2.05) is 6.92 Å². The molecule has 5 heteroatoms. The van der Waals surface area contributed by atoms with E-state index in [1.54, 1.807) is 24.3 Å². The Hall–Kier alpha value is -2.43. The molecule has 1 unspecified atom stereocenters. The van der Waals surface area contributed by atoms with Crippen LogP contribution in [0.1, 0.15) is 28.9 Å². The number of carbonyl (C=O) groups excluding carboxylic acids is 1. The third-order valence-corrected chi connectivity index (χ3v) is 2.93. The maximum absolute atomic E-state index is 12.8. The number of nitrogens with zero attached hydrogens (tertiary/aromatic N) is 1. The number of aromatic nitrogens is 1. The predicted octanol–water partition coefficient (Wildman–Crippen LogP) is 2.72. The van der Waals surface area contributed by atoms with Gasteiger partial charge in [-0.2, -0.15) is 0 Å². The summed E-state index contributed by atoms with van der Waals surface area (Å²) in [5.74, 6) is -0.0863. The number of rotatable bonds is 4. The number of pyridine rings is 1. The molecule has 1 atom stereocenters. The van der Waals surface area contributed by atoms with Crippen LogP contribution in [0.25, 0.3) is 0 Å². The minimum atomic E-state index is -0.299. The molecule has 1 heterocycles. The van der Waals surface area contributed by atoms with E-state index in [2.05, 4.69) is 10.3 Å². The van der Waals surface area contributed by atoms with Gasteiger partial charge in [0, 0.05) is 12.3 Å². The minimum absolute atomic E-state index is 0.217. The zero-order valence-corrected chi connectivity index (χ0v) is 11.3. The molecule has 2 rings (SSSR count). The van der Waals surface area contributed by atoms with Crippen LogP contribution >= 0.6 is 0 Å². The van der Waals surface area contributed by atoms with Gasteiger partial charge in [-0.1, -0.05) is 12.1 Å². The number of nitrogens with one attached hydrogen (secondary N) is 1. The highest BCUT2D eigenvalue weighted by Gasteiger charge is 2.12. The quantitative estimate of drug-likeness (QED) is 0.932. The van der Waals surface area contributed by atoms with Gasteiger partial charge >= 0.3 is 0 Å². The van der Waals surface area contributed by atoms with Crippen molar-refractivity contribution in [1.29, 1.82) is 0 Å². The molecule has 2 aromatic rings. The molecule has 104 valence electrons. The Kier molecular flexibility index (Phi) is 4.30. The summed E-state index contributed by atoms with van der Waals surface area (Å²) in [5.41, 5.74) is 1.28. The van der Waals surface area contributed by atoms with Crippen LogP contribution in [0.15, 0.2) is 42.6 Å². The second kappa shape index (κ2) is 6.14. The van der Waals surface area contributed by atoms with Crippen LogP contribution < -0.4 is 10.1 Å². The molecule has 0 aliphatic rings. The fourth-order valence-corrected chi connectivity index (χ4v) is 1.75. The summed E-state index contributed by atoms with van der Waals surface area (Å²) in [5, 5.41) is 2.83. The Balaban J connectivity index is 2.04. The van der Waals surface area contributed by atoms with Crippen molar-refractivity contribution in [1.82, 2.24) is 10.3 Å². The zero-order valence-electron chi connectivity index (χ0n) is 11.3. The highest BCUT2D eigenvalue weighted by Crippen LogP contribution is 2.14. The molecule has 1 aromatic carbocycles. The van der Waals surface area contributed by atoms with Crippen molar-refractivity contribution in [3.63, 3.8) is 0 Å². The first-order valence-corrected chi connectivity index (χ1v) is 6.16. The van der Waals surface area contributed by atoms with Crippen LogP contribution in [0.3, 0.4) is 0 Å². The van der Waals surface area contributed by atoms with Gasteiger partial charge in [0.1, 0.15) is 5.82 Å². The van der Waals surface area contributed by atoms with E-state index in [9.17, 15) is 9.18 Å². The number of methoxy groups -OCH3 is 1. The third kappa shape index (κ3) is 3.32. The second-order valence-corrected chi connectivity index (χ2v) is 4.34. The number of benzene rings is 1. The van der Waals surface area contributed by atoms with Gasteiger partial charge in [-0.25, -0.2) is 9.37 Å². The zero-order chi connectivity index (χ0) is 14.5. The van der Waals surface area contributed by atoms with Crippen LogP contribution in [0.5, 0.6) is 5.88 Å². The molecular formula is C15H15FN2O2. The van der Waals surface area contributed by atoms with Crippen molar-refractivity contribution in [2.75, 3.05) is 7.11 Å². The Bertz CT molecular complexity index is 582. The van der Waals surface area contributed by atoms with Crippen LogP contribution in [0, 0.1) is 5.82 Å². The molecule has 0 saturated carbocycles. The number of hydrogen-bond donors (Lipinski definition) is 1. The van der Waals surface area contributed by atoms with Crippen molar-refractivity contribution in [3.05, 3.63) is 59.5 Å². The molecule has 0 aliphatic carbocycles. The highest BCUT2D eigenvalue weighted by atomic mass is 19.1. The van der Waals surface area contributed by atoms with E-state index in [0.29, 0.717) is 11.4 Å². The maximum atomic E-state index is 12.8. The maximum Gasteiger partial charge on any atom is 0.253 e. The van der Waals surface area contributed by atoms with E-state index in [4.69, 9.17) is 4.74 Å². The summed E-state index contributed by atoms with van der Waals surface area (Å²) in [6, 6.07) is 9.07. The lowest BCUT2D eigenvalue weighted by Crippen LogP contribution is -2.26. The fourth-order valence-electron chi connectivity index (χ4n) is 1.75. The largest absolute Gasteiger partial charge is 0.481 e. The van der Waals surface area contributed by atoms with Crippen molar-refractivity contribution in [2.45, 2.75) is 13.0 Å². The first kappa shape index (κ1) is 14.0. The van der Waals surface area contributed by atoms with Crippen LogP contribution in [-0.4, -0.2) is 18.0 Å². The van der Waals surface area contributed by atoms with Gasteiger partial charge in [-0.15, -0.1) is 0 Å². The highest BCUT2D eigenvalue weighted by molar-refractivity contribution is 5.94. The van der Waals surface area contributed by atoms with Gasteiger partial charge in [-0.05, 0) is 30.7 Å². The Morgan fingerprint density at radius 2 is 1.95 bits per heavy atom. The standard InChI is InChI=1S/C15H15FN2O2/c1-10(11-3-6-13(16)7-4-11)18-15(19)12-5-8-14(20-2)17-9-12/h3-10H,1-2H3,(H,18,19). The lowest BCUT2D eigenvalue weighted by Gasteiger charge is -2.14. The average molecular weight is 274 g/mol. The number of hydrogen-bond acceptors (Lipinski definition) is 3. The van der Waals surface area contributed by atoms with Crippen molar-refractivity contribution in [2.24, 2.45) is 0 Å². The molecule has 0 spiro atoms. The molecule has 20 heavy (non-hydrogen) atoms. The van der Waals surface area contributed by atoms with E-state index in [1.165, 1.54) is 25.4 Å². The molecule has 0 saturated heterocycles. The van der Waals surface area contributed by atoms with Gasteiger partial charge in [0.25, 0.3) is 5.91 Å². The van der Waals surface area contributed by atoms with Gasteiger partial charge < -0.3 is 10.1 Å². The second-order valence-electron chi connectivity index (χ2n) is 4.34. The van der Waals surface area contributed by atoms with Crippen molar-refractivity contribution >= 4 is 5.91 Å². The summed E-state index contributed by atoms with van der Waals surface area (Å²) in [4.78, 5) is 16.0. The van der Waals surface area contributed by atoms with Gasteiger partial charge in [0.15, 0.2) is 0 Å². The summed E-state index contributed by atoms with van der Waals surface area (Å²) in [7, 11) is 1.51.